The smallest absolute Gasteiger partial charge is 0.191 e. The number of aliphatic imine (C=N–C) groups is 1. The third kappa shape index (κ3) is 7.14. The molecule has 0 spiro atoms. The Kier molecular flexibility index (Phi) is 9.65. The van der Waals surface area contributed by atoms with Crippen LogP contribution < -0.4 is 20.1 Å². The van der Waals surface area contributed by atoms with Crippen LogP contribution >= 0.6 is 0 Å². The van der Waals surface area contributed by atoms with Crippen LogP contribution in [0.4, 0.5) is 0 Å². The second-order valence-corrected chi connectivity index (χ2v) is 7.89. The number of likely N-dealkylation sites (tertiary alicyclic amines) is 1. The largest absolute Gasteiger partial charge is 0.493 e. The predicted molar refractivity (Wildman–Crippen MR) is 128 cm³/mol. The minimum atomic E-state index is -0.0311. The molecule has 0 aliphatic carbocycles. The van der Waals surface area contributed by atoms with E-state index in [1.54, 1.807) is 7.11 Å². The van der Waals surface area contributed by atoms with Gasteiger partial charge in [-0.15, -0.1) is 0 Å². The van der Waals surface area contributed by atoms with Crippen LogP contribution in [0.25, 0.3) is 0 Å². The lowest BCUT2D eigenvalue weighted by molar-refractivity contribution is 0.196. The fourth-order valence-corrected chi connectivity index (χ4v) is 3.96. The number of benzene rings is 2. The summed E-state index contributed by atoms with van der Waals surface area (Å²) in [7, 11) is 1.61. The van der Waals surface area contributed by atoms with Gasteiger partial charge in [0.2, 0.25) is 0 Å². The Labute approximate surface area is 191 Å². The lowest BCUT2D eigenvalue weighted by atomic mass is 10.2. The number of methoxy groups -OCH3 is 1. The Bertz CT molecular complexity index is 844. The molecule has 1 saturated heterocycles. The van der Waals surface area contributed by atoms with E-state index in [-0.39, 0.29) is 13.2 Å². The van der Waals surface area contributed by atoms with E-state index in [0.717, 1.165) is 37.7 Å². The van der Waals surface area contributed by atoms with Crippen molar-refractivity contribution in [2.45, 2.75) is 38.9 Å². The second-order valence-electron chi connectivity index (χ2n) is 7.89. The number of hydrogen-bond acceptors (Lipinski definition) is 5. The monoisotopic (exact) mass is 440 g/mol. The summed E-state index contributed by atoms with van der Waals surface area (Å²) in [5.41, 5.74) is 2.39. The minimum absolute atomic E-state index is 0.0311. The topological polar surface area (TPSA) is 78.4 Å². The molecule has 3 N–H and O–H groups in total. The molecule has 1 atom stereocenters. The van der Waals surface area contributed by atoms with Crippen LogP contribution in [-0.2, 0) is 13.1 Å². The van der Waals surface area contributed by atoms with Crippen molar-refractivity contribution < 1.29 is 14.6 Å². The summed E-state index contributed by atoms with van der Waals surface area (Å²) in [5, 5.41) is 15.8. The fraction of sp³-hybridized carbons (Fsp3) is 0.480. The Balaban J connectivity index is 1.57. The Morgan fingerprint density at radius 2 is 1.97 bits per heavy atom. The standard InChI is InChI=1S/C25H36N4O3/c1-3-26-25(27-17-21-11-12-23(32-15-14-30)24(16-21)31-2)28-18-22-10-7-13-29(22)19-20-8-5-4-6-9-20/h4-6,8-9,11-12,16,22,30H,3,7,10,13-15,17-19H2,1-2H3,(H2,26,27,28). The third-order valence-electron chi connectivity index (χ3n) is 5.57. The van der Waals surface area contributed by atoms with Gasteiger partial charge >= 0.3 is 0 Å². The highest BCUT2D eigenvalue weighted by Crippen LogP contribution is 2.28. The summed E-state index contributed by atoms with van der Waals surface area (Å²) in [6, 6.07) is 16.9. The molecule has 0 amide bonds. The number of rotatable bonds is 11. The van der Waals surface area contributed by atoms with Crippen molar-refractivity contribution in [1.29, 1.82) is 0 Å². The first kappa shape index (κ1) is 23.9. The summed E-state index contributed by atoms with van der Waals surface area (Å²) in [6.07, 6.45) is 2.43. The van der Waals surface area contributed by atoms with Crippen LogP contribution in [0.5, 0.6) is 11.5 Å². The van der Waals surface area contributed by atoms with E-state index < -0.39 is 0 Å². The highest BCUT2D eigenvalue weighted by Gasteiger charge is 2.24. The van der Waals surface area contributed by atoms with Crippen LogP contribution in [0.2, 0.25) is 0 Å². The average molecular weight is 441 g/mol. The summed E-state index contributed by atoms with van der Waals surface area (Å²) < 4.78 is 10.9. The summed E-state index contributed by atoms with van der Waals surface area (Å²) in [4.78, 5) is 7.32. The van der Waals surface area contributed by atoms with Crippen molar-refractivity contribution in [1.82, 2.24) is 15.5 Å². The maximum absolute atomic E-state index is 8.96. The molecule has 0 bridgehead atoms. The molecule has 7 nitrogen and oxygen atoms in total. The van der Waals surface area contributed by atoms with Gasteiger partial charge in [-0.3, -0.25) is 4.90 Å². The van der Waals surface area contributed by atoms with Gasteiger partial charge in [-0.25, -0.2) is 4.99 Å². The van der Waals surface area contributed by atoms with E-state index in [4.69, 9.17) is 19.6 Å². The van der Waals surface area contributed by atoms with Crippen LogP contribution in [0.15, 0.2) is 53.5 Å². The molecule has 1 aliphatic rings. The van der Waals surface area contributed by atoms with Crippen LogP contribution in [-0.4, -0.2) is 62.0 Å². The maximum Gasteiger partial charge on any atom is 0.191 e. The number of nitrogens with one attached hydrogen (secondary N) is 2. The second kappa shape index (κ2) is 12.9. The Hall–Kier alpha value is -2.77. The SMILES string of the molecule is CCNC(=NCc1ccc(OCCO)c(OC)c1)NCC1CCCN1Cc1ccccc1. The van der Waals surface area contributed by atoms with Crippen molar-refractivity contribution in [2.75, 3.05) is 40.0 Å². The lowest BCUT2D eigenvalue weighted by Crippen LogP contribution is -2.44. The van der Waals surface area contributed by atoms with Gasteiger partial charge in [0.05, 0.1) is 20.3 Å². The van der Waals surface area contributed by atoms with Crippen LogP contribution in [0.3, 0.4) is 0 Å². The van der Waals surface area contributed by atoms with Crippen LogP contribution in [0, 0.1) is 0 Å². The van der Waals surface area contributed by atoms with Gasteiger partial charge in [0.15, 0.2) is 17.5 Å². The van der Waals surface area contributed by atoms with Crippen molar-refractivity contribution >= 4 is 5.96 Å². The number of hydrogen-bond donors (Lipinski definition) is 3. The van der Waals surface area contributed by atoms with E-state index in [9.17, 15) is 0 Å². The first-order valence-corrected chi connectivity index (χ1v) is 11.4. The molecule has 2 aromatic carbocycles. The fourth-order valence-electron chi connectivity index (χ4n) is 3.96. The highest BCUT2D eigenvalue weighted by atomic mass is 16.5. The van der Waals surface area contributed by atoms with Crippen LogP contribution in [0.1, 0.15) is 30.9 Å². The number of aliphatic hydroxyl groups is 1. The Morgan fingerprint density at radius 1 is 1.12 bits per heavy atom. The predicted octanol–water partition coefficient (Wildman–Crippen LogP) is 2.79. The molecule has 0 saturated carbocycles. The van der Waals surface area contributed by atoms with E-state index in [1.807, 2.05) is 18.2 Å². The summed E-state index contributed by atoms with van der Waals surface area (Å²) in [5.74, 6) is 2.09. The van der Waals surface area contributed by atoms with Gasteiger partial charge in [0.25, 0.3) is 0 Å². The quantitative estimate of drug-likeness (QED) is 0.368. The summed E-state index contributed by atoms with van der Waals surface area (Å²) in [6.45, 7) is 6.62. The maximum atomic E-state index is 8.96. The molecule has 0 aromatic heterocycles. The molecule has 1 fully saturated rings. The zero-order valence-electron chi connectivity index (χ0n) is 19.2. The number of aliphatic hydroxyl groups excluding tert-OH is 1. The molecule has 0 radical (unpaired) electrons. The van der Waals surface area contributed by atoms with Gasteiger partial charge in [0, 0.05) is 25.7 Å². The molecule has 7 heteroatoms. The normalized spacial score (nSPS) is 16.7. The van der Waals surface area contributed by atoms with Crippen molar-refractivity contribution in [3.63, 3.8) is 0 Å². The zero-order valence-corrected chi connectivity index (χ0v) is 19.2. The molecule has 32 heavy (non-hydrogen) atoms. The molecular formula is C25H36N4O3. The molecular weight excluding hydrogens is 404 g/mol. The van der Waals surface area contributed by atoms with Crippen molar-refractivity contribution in [3.05, 3.63) is 59.7 Å². The molecule has 1 aliphatic heterocycles. The zero-order chi connectivity index (χ0) is 22.6. The number of nitrogens with zero attached hydrogens (tertiary/aromatic N) is 2. The van der Waals surface area contributed by atoms with E-state index in [0.29, 0.717) is 24.1 Å². The van der Waals surface area contributed by atoms with E-state index >= 15 is 0 Å². The number of ether oxygens (including phenoxy) is 2. The molecule has 3 rings (SSSR count). The summed E-state index contributed by atoms with van der Waals surface area (Å²) >= 11 is 0. The Morgan fingerprint density at radius 3 is 2.72 bits per heavy atom. The first-order valence-electron chi connectivity index (χ1n) is 11.4. The van der Waals surface area contributed by atoms with Gasteiger partial charge < -0.3 is 25.2 Å². The molecule has 174 valence electrons. The van der Waals surface area contributed by atoms with Gasteiger partial charge in [-0.05, 0) is 49.6 Å². The lowest BCUT2D eigenvalue weighted by Gasteiger charge is -2.25. The molecule has 1 heterocycles. The minimum Gasteiger partial charge on any atom is -0.493 e. The average Bonchev–Trinajstić information content (AvgIpc) is 3.27. The number of guanidine groups is 1. The van der Waals surface area contributed by atoms with Crippen molar-refractivity contribution in [3.8, 4) is 11.5 Å². The van der Waals surface area contributed by atoms with E-state index in [1.165, 1.54) is 18.4 Å². The van der Waals surface area contributed by atoms with Gasteiger partial charge in [-0.1, -0.05) is 36.4 Å². The molecule has 2 aromatic rings. The van der Waals surface area contributed by atoms with Gasteiger partial charge in [-0.2, -0.15) is 0 Å². The van der Waals surface area contributed by atoms with Crippen molar-refractivity contribution in [2.24, 2.45) is 4.99 Å². The van der Waals surface area contributed by atoms with E-state index in [2.05, 4.69) is 52.8 Å². The molecule has 1 unspecified atom stereocenters. The first-order chi connectivity index (χ1) is 15.7. The third-order valence-corrected chi connectivity index (χ3v) is 5.57. The van der Waals surface area contributed by atoms with Gasteiger partial charge in [0.1, 0.15) is 6.61 Å². The highest BCUT2D eigenvalue weighted by molar-refractivity contribution is 5.79.